The summed E-state index contributed by atoms with van der Waals surface area (Å²) in [7, 11) is -4.06. The van der Waals surface area contributed by atoms with E-state index in [0.717, 1.165) is 5.39 Å². The fourth-order valence-corrected chi connectivity index (χ4v) is 2.69. The summed E-state index contributed by atoms with van der Waals surface area (Å²) in [5.41, 5.74) is 0. The van der Waals surface area contributed by atoms with E-state index in [4.69, 9.17) is 5.11 Å². The van der Waals surface area contributed by atoms with Crippen LogP contribution < -0.4 is 0 Å². The second-order valence-electron chi connectivity index (χ2n) is 3.59. The van der Waals surface area contributed by atoms with Crippen LogP contribution >= 0.6 is 0 Å². The van der Waals surface area contributed by atoms with Crippen molar-refractivity contribution in [3.8, 4) is 0 Å². The Balaban J connectivity index is 0.00000180. The van der Waals surface area contributed by atoms with Crippen molar-refractivity contribution >= 4 is 56.4 Å². The molecule has 0 spiro atoms. The summed E-state index contributed by atoms with van der Waals surface area (Å²) in [5.74, 6) is -1.33. The smallest absolute Gasteiger partial charge is 0.331 e. The van der Waals surface area contributed by atoms with Crippen molar-refractivity contribution in [2.75, 3.05) is 6.61 Å². The molecule has 5 nitrogen and oxygen atoms in total. The molecule has 7 heteroatoms. The van der Waals surface area contributed by atoms with Crippen LogP contribution in [0.4, 0.5) is 0 Å². The molecule has 0 atom stereocenters. The Morgan fingerprint density at radius 3 is 2.42 bits per heavy atom. The van der Waals surface area contributed by atoms with E-state index >= 15 is 0 Å². The number of benzene rings is 2. The number of rotatable bonds is 4. The van der Waals surface area contributed by atoms with E-state index in [-0.39, 0.29) is 34.5 Å². The van der Waals surface area contributed by atoms with Gasteiger partial charge in [0.05, 0.1) is 0 Å². The predicted molar refractivity (Wildman–Crippen MR) is 70.5 cm³/mol. The monoisotopic (exact) mass is 289 g/mol. The summed E-state index contributed by atoms with van der Waals surface area (Å²) in [5, 5.41) is 9.70. The average molecular weight is 289 g/mol. The second-order valence-corrected chi connectivity index (χ2v) is 5.17. The second kappa shape index (κ2) is 6.49. The van der Waals surface area contributed by atoms with Gasteiger partial charge in [-0.3, -0.25) is 4.18 Å². The molecule has 2 aromatic rings. The van der Waals surface area contributed by atoms with E-state index in [2.05, 4.69) is 4.18 Å². The average Bonchev–Trinajstić information content (AvgIpc) is 2.36. The predicted octanol–water partition coefficient (Wildman–Crippen LogP) is 1.25. The summed E-state index contributed by atoms with van der Waals surface area (Å²) in [6.07, 6.45) is 0. The molecule has 0 aliphatic heterocycles. The van der Waals surface area contributed by atoms with Crippen molar-refractivity contribution in [1.29, 1.82) is 0 Å². The van der Waals surface area contributed by atoms with E-state index in [1.54, 1.807) is 36.4 Å². The Morgan fingerprint density at radius 1 is 1.11 bits per heavy atom. The normalized spacial score (nSPS) is 10.9. The molecule has 0 heterocycles. The number of hydrogen-bond donors (Lipinski definition) is 1. The van der Waals surface area contributed by atoms with E-state index in [0.29, 0.717) is 5.39 Å². The van der Waals surface area contributed by atoms with Gasteiger partial charge in [0.25, 0.3) is 10.1 Å². The zero-order valence-corrected chi connectivity index (χ0v) is 13.1. The van der Waals surface area contributed by atoms with Crippen LogP contribution in [0.1, 0.15) is 0 Å². The van der Waals surface area contributed by atoms with Crippen molar-refractivity contribution in [2.45, 2.75) is 4.90 Å². The Bertz CT molecular complexity index is 691. The third-order valence-electron chi connectivity index (χ3n) is 2.36. The van der Waals surface area contributed by atoms with Gasteiger partial charge in [-0.2, -0.15) is 8.42 Å². The first-order valence-electron chi connectivity index (χ1n) is 5.10. The van der Waals surface area contributed by atoms with Gasteiger partial charge in [0.2, 0.25) is 0 Å². The molecule has 19 heavy (non-hydrogen) atoms. The van der Waals surface area contributed by atoms with Gasteiger partial charge in [-0.15, -0.1) is 0 Å². The van der Waals surface area contributed by atoms with E-state index in [1.165, 1.54) is 6.07 Å². The van der Waals surface area contributed by atoms with Gasteiger partial charge in [-0.05, 0) is 11.5 Å². The molecule has 0 unspecified atom stereocenters. The number of fused-ring (bicyclic) bond motifs is 1. The third kappa shape index (κ3) is 3.77. The molecular formula is C12H10NaO5S. The molecule has 0 fully saturated rings. The molecule has 0 aromatic heterocycles. The molecule has 95 valence electrons. The first-order chi connectivity index (χ1) is 8.50. The zero-order chi connectivity index (χ0) is 13.2. The van der Waals surface area contributed by atoms with Gasteiger partial charge < -0.3 is 5.11 Å². The van der Waals surface area contributed by atoms with Crippen LogP contribution in [0.5, 0.6) is 0 Å². The quantitative estimate of drug-likeness (QED) is 0.676. The number of carboxylic acids is 1. The van der Waals surface area contributed by atoms with Gasteiger partial charge in [-0.25, -0.2) is 4.79 Å². The number of aliphatic carboxylic acids is 1. The van der Waals surface area contributed by atoms with Crippen LogP contribution in [0.15, 0.2) is 47.4 Å². The molecular weight excluding hydrogens is 279 g/mol. The van der Waals surface area contributed by atoms with Crippen molar-refractivity contribution in [1.82, 2.24) is 0 Å². The van der Waals surface area contributed by atoms with Crippen molar-refractivity contribution in [3.63, 3.8) is 0 Å². The standard InChI is InChI=1S/C12H10O5S.Na/c13-12(14)8-17-18(15,16)11-7-3-5-9-4-1-2-6-10(9)11;/h1-7H,8H2,(H,13,14);. The molecule has 0 aliphatic rings. The van der Waals surface area contributed by atoms with Crippen LogP contribution in [-0.4, -0.2) is 55.7 Å². The molecule has 0 saturated carbocycles. The van der Waals surface area contributed by atoms with Gasteiger partial charge in [0, 0.05) is 34.9 Å². The van der Waals surface area contributed by atoms with Crippen molar-refractivity contribution in [3.05, 3.63) is 42.5 Å². The SMILES string of the molecule is O=C(O)COS(=O)(=O)c1cccc2ccccc12.[Na]. The molecule has 1 N–H and O–H groups in total. The molecule has 2 rings (SSSR count). The molecule has 0 saturated heterocycles. The summed E-state index contributed by atoms with van der Waals surface area (Å²) < 4.78 is 28.2. The Labute approximate surface area is 132 Å². The van der Waals surface area contributed by atoms with Gasteiger partial charge in [-0.1, -0.05) is 36.4 Å². The summed E-state index contributed by atoms with van der Waals surface area (Å²) >= 11 is 0. The first-order valence-corrected chi connectivity index (χ1v) is 6.50. The molecule has 0 bridgehead atoms. The minimum atomic E-state index is -4.06. The molecule has 2 aromatic carbocycles. The van der Waals surface area contributed by atoms with Gasteiger partial charge in [0.1, 0.15) is 4.90 Å². The van der Waals surface area contributed by atoms with Crippen LogP contribution in [0.3, 0.4) is 0 Å². The maximum Gasteiger partial charge on any atom is 0.331 e. The minimum absolute atomic E-state index is 0. The Kier molecular flexibility index (Phi) is 5.51. The summed E-state index contributed by atoms with van der Waals surface area (Å²) in [6.45, 7) is -0.883. The molecule has 0 amide bonds. The van der Waals surface area contributed by atoms with E-state index in [9.17, 15) is 13.2 Å². The number of hydrogen-bond acceptors (Lipinski definition) is 4. The van der Waals surface area contributed by atoms with E-state index < -0.39 is 22.7 Å². The van der Waals surface area contributed by atoms with Crippen molar-refractivity contribution < 1.29 is 22.5 Å². The van der Waals surface area contributed by atoms with Crippen LogP contribution in [0.2, 0.25) is 0 Å². The Hall–Kier alpha value is -0.920. The zero-order valence-electron chi connectivity index (χ0n) is 10.2. The van der Waals surface area contributed by atoms with Crippen molar-refractivity contribution in [2.24, 2.45) is 0 Å². The third-order valence-corrected chi connectivity index (χ3v) is 3.68. The number of carboxylic acid groups (broad SMARTS) is 1. The molecule has 1 radical (unpaired) electrons. The summed E-state index contributed by atoms with van der Waals surface area (Å²) in [4.78, 5) is 10.3. The van der Waals surface area contributed by atoms with Crippen LogP contribution in [0.25, 0.3) is 10.8 Å². The fourth-order valence-electron chi connectivity index (χ4n) is 1.61. The maximum absolute atomic E-state index is 11.9. The first kappa shape index (κ1) is 16.1. The van der Waals surface area contributed by atoms with E-state index in [1.807, 2.05) is 0 Å². The van der Waals surface area contributed by atoms with Gasteiger partial charge in [0.15, 0.2) is 6.61 Å². The minimum Gasteiger partial charge on any atom is -0.479 e. The van der Waals surface area contributed by atoms with Crippen LogP contribution in [0, 0.1) is 0 Å². The number of carbonyl (C=O) groups is 1. The fraction of sp³-hybridized carbons (Fsp3) is 0.0833. The molecule has 0 aliphatic carbocycles. The van der Waals surface area contributed by atoms with Crippen LogP contribution in [-0.2, 0) is 19.1 Å². The maximum atomic E-state index is 11.9. The largest absolute Gasteiger partial charge is 0.479 e. The Morgan fingerprint density at radius 2 is 1.74 bits per heavy atom. The summed E-state index contributed by atoms with van der Waals surface area (Å²) in [6, 6.07) is 11.7. The van der Waals surface area contributed by atoms with Gasteiger partial charge >= 0.3 is 5.97 Å². The topological polar surface area (TPSA) is 80.7 Å².